The summed E-state index contributed by atoms with van der Waals surface area (Å²) >= 11 is 6.17. The monoisotopic (exact) mass is 465 g/mol. The van der Waals surface area contributed by atoms with E-state index in [0.717, 1.165) is 41.7 Å². The number of benzene rings is 2. The maximum absolute atomic E-state index is 13.8. The minimum atomic E-state index is -0.269. The van der Waals surface area contributed by atoms with Gasteiger partial charge in [0.25, 0.3) is 0 Å². The molecular weight excluding hydrogens is 430 g/mol. The molecule has 2 aromatic carbocycles. The number of rotatable bonds is 8. The Bertz CT molecular complexity index is 1070. The summed E-state index contributed by atoms with van der Waals surface area (Å²) in [6, 6.07) is 15.7. The van der Waals surface area contributed by atoms with Crippen LogP contribution in [0.25, 0.3) is 22.4 Å². The van der Waals surface area contributed by atoms with Crippen LogP contribution in [0.4, 0.5) is 0 Å². The van der Waals surface area contributed by atoms with Crippen molar-refractivity contribution < 1.29 is 4.79 Å². The number of halogens is 1. The molecule has 5 heteroatoms. The highest BCUT2D eigenvalue weighted by Gasteiger charge is 2.34. The van der Waals surface area contributed by atoms with Crippen LogP contribution in [0.5, 0.6) is 0 Å². The minimum absolute atomic E-state index is 0.121. The quantitative estimate of drug-likeness (QED) is 0.380. The van der Waals surface area contributed by atoms with Gasteiger partial charge in [0.1, 0.15) is 11.9 Å². The molecule has 1 fully saturated rings. The van der Waals surface area contributed by atoms with Crippen molar-refractivity contribution >= 4 is 28.5 Å². The van der Waals surface area contributed by atoms with Gasteiger partial charge >= 0.3 is 0 Å². The first-order valence-electron chi connectivity index (χ1n) is 12.4. The number of nitrogens with zero attached hydrogens (tertiary/aromatic N) is 2. The molecule has 1 aliphatic carbocycles. The molecule has 3 aromatic rings. The van der Waals surface area contributed by atoms with Crippen LogP contribution in [0.2, 0.25) is 5.02 Å². The Morgan fingerprint density at radius 3 is 2.45 bits per heavy atom. The number of fused-ring (bicyclic) bond motifs is 1. The lowest BCUT2D eigenvalue weighted by molar-refractivity contribution is -0.126. The van der Waals surface area contributed by atoms with Crippen LogP contribution in [0, 0.1) is 17.8 Å². The summed E-state index contributed by atoms with van der Waals surface area (Å²) in [5.41, 5.74) is 2.92. The van der Waals surface area contributed by atoms with E-state index in [4.69, 9.17) is 16.6 Å². The van der Waals surface area contributed by atoms with Gasteiger partial charge in [-0.25, -0.2) is 4.98 Å². The standard InChI is InChI=1S/C28H36ClN3O/c1-19(2)17-20(3)18-30-28(33)26(21-9-5-4-6-10-21)32-25-12-8-7-11-24(25)31-27(32)22-13-15-23(29)16-14-22/h7-8,11-16,19-21,26H,4-6,9-10,17-18H2,1-3H3,(H,30,33)/t20-,26?/m0/s1. The third-order valence-electron chi connectivity index (χ3n) is 6.84. The Hall–Kier alpha value is -2.33. The van der Waals surface area contributed by atoms with Gasteiger partial charge in [0, 0.05) is 17.1 Å². The molecule has 0 saturated heterocycles. The van der Waals surface area contributed by atoms with E-state index in [0.29, 0.717) is 29.3 Å². The smallest absolute Gasteiger partial charge is 0.243 e. The third kappa shape index (κ3) is 5.60. The van der Waals surface area contributed by atoms with Crippen molar-refractivity contribution in [3.05, 3.63) is 53.6 Å². The number of nitrogens with one attached hydrogen (secondary N) is 1. The Morgan fingerprint density at radius 2 is 1.76 bits per heavy atom. The van der Waals surface area contributed by atoms with Crippen LogP contribution in [0.15, 0.2) is 48.5 Å². The molecule has 1 unspecified atom stereocenters. The number of amides is 1. The van der Waals surface area contributed by atoms with E-state index in [1.807, 2.05) is 42.5 Å². The molecular formula is C28H36ClN3O. The summed E-state index contributed by atoms with van der Waals surface area (Å²) in [6.45, 7) is 7.41. The van der Waals surface area contributed by atoms with Gasteiger partial charge in [0.05, 0.1) is 11.0 Å². The molecule has 0 radical (unpaired) electrons. The van der Waals surface area contributed by atoms with E-state index in [1.165, 1.54) is 19.3 Å². The summed E-state index contributed by atoms with van der Waals surface area (Å²) in [6.07, 6.45) is 6.88. The molecule has 1 amide bonds. The topological polar surface area (TPSA) is 46.9 Å². The number of carbonyl (C=O) groups is 1. The zero-order chi connectivity index (χ0) is 23.4. The lowest BCUT2D eigenvalue weighted by Gasteiger charge is -2.32. The zero-order valence-electron chi connectivity index (χ0n) is 20.1. The highest BCUT2D eigenvalue weighted by Crippen LogP contribution is 2.38. The van der Waals surface area contributed by atoms with Gasteiger partial charge in [0.2, 0.25) is 5.91 Å². The van der Waals surface area contributed by atoms with E-state index in [-0.39, 0.29) is 11.9 Å². The fourth-order valence-corrected chi connectivity index (χ4v) is 5.51. The van der Waals surface area contributed by atoms with Gasteiger partial charge in [-0.2, -0.15) is 0 Å². The Labute approximate surface area is 202 Å². The van der Waals surface area contributed by atoms with Crippen molar-refractivity contribution in [2.24, 2.45) is 17.8 Å². The van der Waals surface area contributed by atoms with E-state index >= 15 is 0 Å². The van der Waals surface area contributed by atoms with Gasteiger partial charge in [-0.15, -0.1) is 0 Å². The number of carbonyl (C=O) groups excluding carboxylic acids is 1. The number of hydrogen-bond donors (Lipinski definition) is 1. The molecule has 176 valence electrons. The minimum Gasteiger partial charge on any atom is -0.354 e. The second-order valence-corrected chi connectivity index (χ2v) is 10.6. The molecule has 1 aromatic heterocycles. The Morgan fingerprint density at radius 1 is 1.06 bits per heavy atom. The van der Waals surface area contributed by atoms with Gasteiger partial charge in [-0.1, -0.05) is 63.8 Å². The summed E-state index contributed by atoms with van der Waals surface area (Å²) in [4.78, 5) is 18.8. The van der Waals surface area contributed by atoms with Crippen LogP contribution in [-0.4, -0.2) is 22.0 Å². The zero-order valence-corrected chi connectivity index (χ0v) is 20.8. The molecule has 4 rings (SSSR count). The van der Waals surface area contributed by atoms with Gasteiger partial charge in [-0.3, -0.25) is 4.79 Å². The van der Waals surface area contributed by atoms with E-state index in [1.54, 1.807) is 0 Å². The molecule has 33 heavy (non-hydrogen) atoms. The number of aromatic nitrogens is 2. The van der Waals surface area contributed by atoms with Crippen molar-refractivity contribution in [1.29, 1.82) is 0 Å². The summed E-state index contributed by atoms with van der Waals surface area (Å²) in [7, 11) is 0. The van der Waals surface area contributed by atoms with Crippen molar-refractivity contribution in [3.63, 3.8) is 0 Å². The van der Waals surface area contributed by atoms with E-state index < -0.39 is 0 Å². The lowest BCUT2D eigenvalue weighted by Crippen LogP contribution is -2.39. The highest BCUT2D eigenvalue weighted by atomic mass is 35.5. The van der Waals surface area contributed by atoms with Crippen LogP contribution in [0.1, 0.15) is 65.3 Å². The fourth-order valence-electron chi connectivity index (χ4n) is 5.39. The maximum atomic E-state index is 13.8. The van der Waals surface area contributed by atoms with Gasteiger partial charge in [-0.05, 0) is 73.4 Å². The average molecular weight is 466 g/mol. The normalized spacial score (nSPS) is 16.8. The van der Waals surface area contributed by atoms with Gasteiger partial charge < -0.3 is 9.88 Å². The first-order chi connectivity index (χ1) is 15.9. The molecule has 4 nitrogen and oxygen atoms in total. The first kappa shape index (κ1) is 23.8. The number of hydrogen-bond acceptors (Lipinski definition) is 2. The number of imidazole rings is 1. The van der Waals surface area contributed by atoms with Gasteiger partial charge in [0.15, 0.2) is 0 Å². The predicted octanol–water partition coefficient (Wildman–Crippen LogP) is 7.28. The summed E-state index contributed by atoms with van der Waals surface area (Å²) < 4.78 is 2.21. The van der Waals surface area contributed by atoms with E-state index in [9.17, 15) is 4.79 Å². The second kappa shape index (κ2) is 10.7. The Kier molecular flexibility index (Phi) is 7.75. The SMILES string of the molecule is CC(C)C[C@H](C)CNC(=O)C(C1CCCCC1)n1c(-c2ccc(Cl)cc2)nc2ccccc21. The fraction of sp³-hybridized carbons (Fsp3) is 0.500. The molecule has 1 saturated carbocycles. The van der Waals surface area contributed by atoms with Crippen molar-refractivity contribution in [1.82, 2.24) is 14.9 Å². The maximum Gasteiger partial charge on any atom is 0.243 e. The third-order valence-corrected chi connectivity index (χ3v) is 7.09. The predicted molar refractivity (Wildman–Crippen MR) is 137 cm³/mol. The Balaban J connectivity index is 1.76. The molecule has 0 bridgehead atoms. The second-order valence-electron chi connectivity index (χ2n) is 10.1. The van der Waals surface area contributed by atoms with Crippen molar-refractivity contribution in [2.45, 2.75) is 65.3 Å². The van der Waals surface area contributed by atoms with Crippen molar-refractivity contribution in [2.75, 3.05) is 6.54 Å². The summed E-state index contributed by atoms with van der Waals surface area (Å²) in [5.74, 6) is 2.35. The summed E-state index contributed by atoms with van der Waals surface area (Å²) in [5, 5.41) is 4.01. The molecule has 1 aliphatic rings. The highest BCUT2D eigenvalue weighted by molar-refractivity contribution is 6.30. The van der Waals surface area contributed by atoms with Crippen LogP contribution < -0.4 is 5.32 Å². The molecule has 0 spiro atoms. The van der Waals surface area contributed by atoms with Crippen LogP contribution in [0.3, 0.4) is 0 Å². The molecule has 2 atom stereocenters. The molecule has 0 aliphatic heterocycles. The first-order valence-corrected chi connectivity index (χ1v) is 12.8. The molecule has 1 heterocycles. The number of para-hydroxylation sites is 2. The van der Waals surface area contributed by atoms with E-state index in [2.05, 4.69) is 36.7 Å². The average Bonchev–Trinajstić information content (AvgIpc) is 3.18. The lowest BCUT2D eigenvalue weighted by atomic mass is 9.83. The molecule has 1 N–H and O–H groups in total. The van der Waals surface area contributed by atoms with Crippen LogP contribution >= 0.6 is 11.6 Å². The van der Waals surface area contributed by atoms with Crippen LogP contribution in [-0.2, 0) is 4.79 Å². The largest absolute Gasteiger partial charge is 0.354 e. The van der Waals surface area contributed by atoms with Crippen molar-refractivity contribution in [3.8, 4) is 11.4 Å².